The largest absolute Gasteiger partial charge is 0.370 e. The van der Waals surface area contributed by atoms with E-state index in [1.807, 2.05) is 0 Å². The van der Waals surface area contributed by atoms with Crippen molar-refractivity contribution >= 4 is 21.6 Å². The van der Waals surface area contributed by atoms with E-state index < -0.39 is 0 Å². The van der Waals surface area contributed by atoms with Gasteiger partial charge in [-0.15, -0.1) is 0 Å². The predicted molar refractivity (Wildman–Crippen MR) is 74.0 cm³/mol. The van der Waals surface area contributed by atoms with E-state index in [2.05, 4.69) is 46.0 Å². The average molecular weight is 299 g/mol. The summed E-state index contributed by atoms with van der Waals surface area (Å²) < 4.78 is 1.17. The number of aryl methyl sites for hydroxylation is 1. The molecule has 1 aliphatic rings. The van der Waals surface area contributed by atoms with Gasteiger partial charge < -0.3 is 9.74 Å². The molecule has 1 fully saturated rings. The minimum Gasteiger partial charge on any atom is -0.370 e. The normalized spacial score (nSPS) is 20.6. The molecule has 0 spiro atoms. The van der Waals surface area contributed by atoms with Crippen molar-refractivity contribution < 1.29 is 4.84 Å². The van der Waals surface area contributed by atoms with Crippen LogP contribution in [0, 0.1) is 12.8 Å². The lowest BCUT2D eigenvalue weighted by Gasteiger charge is -2.34. The minimum absolute atomic E-state index is 0.543. The van der Waals surface area contributed by atoms with Gasteiger partial charge in [-0.25, -0.2) is 5.90 Å². The number of piperidine rings is 1. The zero-order valence-corrected chi connectivity index (χ0v) is 11.7. The summed E-state index contributed by atoms with van der Waals surface area (Å²) in [6, 6.07) is 6.51. The first kappa shape index (κ1) is 12.9. The molecular weight excluding hydrogens is 280 g/mol. The highest BCUT2D eigenvalue weighted by molar-refractivity contribution is 9.10. The van der Waals surface area contributed by atoms with Gasteiger partial charge in [-0.2, -0.15) is 0 Å². The molecule has 2 rings (SSSR count). The SMILES string of the molecule is Cc1ccc(N2CCCC(CON)C2)c(Br)c1. The van der Waals surface area contributed by atoms with Crippen LogP contribution in [0.4, 0.5) is 5.69 Å². The second kappa shape index (κ2) is 5.85. The van der Waals surface area contributed by atoms with Crippen LogP contribution in [0.2, 0.25) is 0 Å². The Balaban J connectivity index is 2.10. The van der Waals surface area contributed by atoms with E-state index in [-0.39, 0.29) is 0 Å². The first-order valence-corrected chi connectivity index (χ1v) is 6.83. The standard InChI is InChI=1S/C13H19BrN2O/c1-10-4-5-13(12(14)7-10)16-6-2-3-11(8-16)9-17-15/h4-5,7,11H,2-3,6,8-9,15H2,1H3. The van der Waals surface area contributed by atoms with Crippen LogP contribution in [0.5, 0.6) is 0 Å². The zero-order valence-electron chi connectivity index (χ0n) is 10.2. The van der Waals surface area contributed by atoms with Crippen LogP contribution in [0.1, 0.15) is 18.4 Å². The van der Waals surface area contributed by atoms with Crippen molar-refractivity contribution in [1.82, 2.24) is 0 Å². The molecule has 0 bridgehead atoms. The fourth-order valence-corrected chi connectivity index (χ4v) is 3.17. The number of halogens is 1. The van der Waals surface area contributed by atoms with E-state index in [0.29, 0.717) is 12.5 Å². The second-order valence-electron chi connectivity index (χ2n) is 4.74. The molecule has 1 atom stereocenters. The molecule has 1 aromatic rings. The molecule has 1 aliphatic heterocycles. The molecule has 17 heavy (non-hydrogen) atoms. The van der Waals surface area contributed by atoms with Gasteiger partial charge in [0.05, 0.1) is 12.3 Å². The summed E-state index contributed by atoms with van der Waals surface area (Å²) in [6.45, 7) is 4.90. The molecule has 1 saturated heterocycles. The van der Waals surface area contributed by atoms with Crippen LogP contribution < -0.4 is 10.8 Å². The lowest BCUT2D eigenvalue weighted by molar-refractivity contribution is 0.0951. The Hall–Kier alpha value is -0.580. The summed E-state index contributed by atoms with van der Waals surface area (Å²) in [7, 11) is 0. The highest BCUT2D eigenvalue weighted by Crippen LogP contribution is 2.30. The maximum atomic E-state index is 5.17. The number of nitrogens with zero attached hydrogens (tertiary/aromatic N) is 1. The van der Waals surface area contributed by atoms with Crippen molar-refractivity contribution in [3.63, 3.8) is 0 Å². The molecule has 1 aromatic carbocycles. The van der Waals surface area contributed by atoms with E-state index in [9.17, 15) is 0 Å². The van der Waals surface area contributed by atoms with Gasteiger partial charge in [-0.05, 0) is 53.4 Å². The molecule has 4 heteroatoms. The third-order valence-electron chi connectivity index (χ3n) is 3.29. The van der Waals surface area contributed by atoms with Gasteiger partial charge in [-0.3, -0.25) is 0 Å². The summed E-state index contributed by atoms with van der Waals surface area (Å²) in [4.78, 5) is 7.19. The molecular formula is C13H19BrN2O. The molecule has 0 aromatic heterocycles. The van der Waals surface area contributed by atoms with Crippen LogP contribution in [-0.2, 0) is 4.84 Å². The number of hydrogen-bond acceptors (Lipinski definition) is 3. The van der Waals surface area contributed by atoms with Crippen LogP contribution >= 0.6 is 15.9 Å². The molecule has 2 N–H and O–H groups in total. The Morgan fingerprint density at radius 2 is 2.35 bits per heavy atom. The molecule has 0 amide bonds. The van der Waals surface area contributed by atoms with Crippen molar-refractivity contribution in [2.75, 3.05) is 24.6 Å². The van der Waals surface area contributed by atoms with Gasteiger partial charge >= 0.3 is 0 Å². The average Bonchev–Trinajstić information content (AvgIpc) is 2.29. The summed E-state index contributed by atoms with van der Waals surface area (Å²) in [5.74, 6) is 5.71. The third-order valence-corrected chi connectivity index (χ3v) is 3.93. The van der Waals surface area contributed by atoms with Crippen LogP contribution in [0.3, 0.4) is 0 Å². The minimum atomic E-state index is 0.543. The Labute approximate surface area is 111 Å². The highest BCUT2D eigenvalue weighted by atomic mass is 79.9. The lowest BCUT2D eigenvalue weighted by Crippen LogP contribution is -2.37. The number of rotatable bonds is 3. The summed E-state index contributed by atoms with van der Waals surface area (Å²) >= 11 is 3.64. The fourth-order valence-electron chi connectivity index (χ4n) is 2.42. The van der Waals surface area contributed by atoms with Gasteiger partial charge in [0.25, 0.3) is 0 Å². The molecule has 3 nitrogen and oxygen atoms in total. The Kier molecular flexibility index (Phi) is 4.42. The maximum Gasteiger partial charge on any atom is 0.0724 e. The highest BCUT2D eigenvalue weighted by Gasteiger charge is 2.21. The van der Waals surface area contributed by atoms with E-state index in [0.717, 1.165) is 13.1 Å². The molecule has 94 valence electrons. The van der Waals surface area contributed by atoms with Crippen molar-refractivity contribution in [2.24, 2.45) is 11.8 Å². The Morgan fingerprint density at radius 3 is 3.06 bits per heavy atom. The van der Waals surface area contributed by atoms with E-state index in [1.54, 1.807) is 0 Å². The molecule has 0 aliphatic carbocycles. The van der Waals surface area contributed by atoms with Crippen molar-refractivity contribution in [2.45, 2.75) is 19.8 Å². The smallest absolute Gasteiger partial charge is 0.0724 e. The quantitative estimate of drug-likeness (QED) is 0.872. The zero-order chi connectivity index (χ0) is 12.3. The van der Waals surface area contributed by atoms with Crippen molar-refractivity contribution in [3.8, 4) is 0 Å². The van der Waals surface area contributed by atoms with Gasteiger partial charge in [0.15, 0.2) is 0 Å². The summed E-state index contributed by atoms with van der Waals surface area (Å²) in [5, 5.41) is 0. The first-order valence-electron chi connectivity index (χ1n) is 6.03. The van der Waals surface area contributed by atoms with Gasteiger partial charge in [-0.1, -0.05) is 6.07 Å². The van der Waals surface area contributed by atoms with E-state index in [1.165, 1.54) is 28.6 Å². The number of nitrogens with two attached hydrogens (primary N) is 1. The Morgan fingerprint density at radius 1 is 1.53 bits per heavy atom. The molecule has 0 saturated carbocycles. The Bertz CT molecular complexity index is 382. The van der Waals surface area contributed by atoms with E-state index >= 15 is 0 Å². The van der Waals surface area contributed by atoms with E-state index in [4.69, 9.17) is 10.7 Å². The van der Waals surface area contributed by atoms with Crippen molar-refractivity contribution in [3.05, 3.63) is 28.2 Å². The predicted octanol–water partition coefficient (Wildman–Crippen LogP) is 2.86. The molecule has 1 unspecified atom stereocenters. The first-order chi connectivity index (χ1) is 8.20. The number of hydrogen-bond donors (Lipinski definition) is 1. The van der Waals surface area contributed by atoms with Crippen LogP contribution in [0.15, 0.2) is 22.7 Å². The van der Waals surface area contributed by atoms with Crippen LogP contribution in [-0.4, -0.2) is 19.7 Å². The number of benzene rings is 1. The third kappa shape index (κ3) is 3.21. The monoisotopic (exact) mass is 298 g/mol. The van der Waals surface area contributed by atoms with Crippen molar-refractivity contribution in [1.29, 1.82) is 0 Å². The summed E-state index contributed by atoms with van der Waals surface area (Å²) in [5.41, 5.74) is 2.55. The van der Waals surface area contributed by atoms with Gasteiger partial charge in [0.1, 0.15) is 0 Å². The lowest BCUT2D eigenvalue weighted by atomic mass is 9.98. The van der Waals surface area contributed by atoms with Gasteiger partial charge in [0.2, 0.25) is 0 Å². The molecule has 1 heterocycles. The van der Waals surface area contributed by atoms with Crippen LogP contribution in [0.25, 0.3) is 0 Å². The fraction of sp³-hybridized carbons (Fsp3) is 0.538. The molecule has 0 radical (unpaired) electrons. The maximum absolute atomic E-state index is 5.17. The number of anilines is 1. The summed E-state index contributed by atoms with van der Waals surface area (Å²) in [6.07, 6.45) is 2.41. The second-order valence-corrected chi connectivity index (χ2v) is 5.60. The topological polar surface area (TPSA) is 38.5 Å². The van der Waals surface area contributed by atoms with Gasteiger partial charge in [0, 0.05) is 23.5 Å².